The van der Waals surface area contributed by atoms with E-state index in [0.29, 0.717) is 0 Å². The highest BCUT2D eigenvalue weighted by Crippen LogP contribution is 2.44. The van der Waals surface area contributed by atoms with Gasteiger partial charge in [0.1, 0.15) is 0 Å². The molecule has 276 valence electrons. The highest BCUT2D eigenvalue weighted by atomic mass is 32.1. The lowest BCUT2D eigenvalue weighted by Crippen LogP contribution is -2.10. The molecule has 10 aromatic rings. The first-order chi connectivity index (χ1) is 28.8. The monoisotopic (exact) mass is 761 g/mol. The van der Waals surface area contributed by atoms with Crippen molar-refractivity contribution in [1.29, 1.82) is 0 Å². The van der Waals surface area contributed by atoms with Crippen molar-refractivity contribution >= 4 is 82.7 Å². The number of anilines is 9. The predicted molar refractivity (Wildman–Crippen MR) is 249 cm³/mol. The maximum Gasteiger partial charge on any atom is 0.0476 e. The van der Waals surface area contributed by atoms with E-state index in [0.717, 1.165) is 62.3 Å². The number of hydrogen-bond acceptors (Lipinski definition) is 4. The van der Waals surface area contributed by atoms with Gasteiger partial charge in [0.15, 0.2) is 0 Å². The molecule has 1 aromatic heterocycles. The number of fused-ring (bicyclic) bond motifs is 3. The van der Waals surface area contributed by atoms with Crippen LogP contribution in [0.25, 0.3) is 31.3 Å². The second-order valence-electron chi connectivity index (χ2n) is 14.2. The molecule has 0 atom stereocenters. The van der Waals surface area contributed by atoms with Crippen molar-refractivity contribution in [3.05, 3.63) is 237 Å². The Kier molecular flexibility index (Phi) is 9.44. The number of para-hydroxylation sites is 5. The predicted octanol–water partition coefficient (Wildman–Crippen LogP) is 16.1. The van der Waals surface area contributed by atoms with Gasteiger partial charge in [-0.2, -0.15) is 0 Å². The zero-order chi connectivity index (χ0) is 38.7. The largest absolute Gasteiger partial charge is 0.310 e. The fourth-order valence-corrected chi connectivity index (χ4v) is 9.01. The molecular weight excluding hydrogens is 723 g/mol. The molecule has 0 bridgehead atoms. The molecule has 0 aliphatic rings. The molecule has 58 heavy (non-hydrogen) atoms. The minimum absolute atomic E-state index is 1.10. The van der Waals surface area contributed by atoms with Gasteiger partial charge in [-0.25, -0.2) is 0 Å². The molecule has 0 saturated carbocycles. The van der Waals surface area contributed by atoms with E-state index < -0.39 is 0 Å². The molecular formula is C54H39N3S. The van der Waals surface area contributed by atoms with Gasteiger partial charge in [0.2, 0.25) is 0 Å². The molecule has 0 aliphatic heterocycles. The highest BCUT2D eigenvalue weighted by molar-refractivity contribution is 7.25. The van der Waals surface area contributed by atoms with E-state index in [2.05, 4.69) is 251 Å². The van der Waals surface area contributed by atoms with E-state index >= 15 is 0 Å². The third kappa shape index (κ3) is 6.87. The summed E-state index contributed by atoms with van der Waals surface area (Å²) in [4.78, 5) is 6.99. The van der Waals surface area contributed by atoms with E-state index in [-0.39, 0.29) is 0 Å². The Balaban J connectivity index is 1.01. The van der Waals surface area contributed by atoms with Gasteiger partial charge in [-0.05, 0) is 126 Å². The van der Waals surface area contributed by atoms with Gasteiger partial charge in [0, 0.05) is 71.4 Å². The Morgan fingerprint density at radius 2 is 0.603 bits per heavy atom. The zero-order valence-corrected chi connectivity index (χ0v) is 32.6. The summed E-state index contributed by atoms with van der Waals surface area (Å²) in [6, 6.07) is 84.5. The normalized spacial score (nSPS) is 11.1. The maximum atomic E-state index is 2.36. The van der Waals surface area contributed by atoms with Crippen LogP contribution in [0.4, 0.5) is 51.2 Å². The Morgan fingerprint density at radius 3 is 1.09 bits per heavy atom. The summed E-state index contributed by atoms with van der Waals surface area (Å²) in [6.45, 7) is 0. The second kappa shape index (κ2) is 15.6. The highest BCUT2D eigenvalue weighted by Gasteiger charge is 2.18. The lowest BCUT2D eigenvalue weighted by Gasteiger charge is -2.26. The Bertz CT molecular complexity index is 2850. The van der Waals surface area contributed by atoms with Crippen LogP contribution in [0.3, 0.4) is 0 Å². The summed E-state index contributed by atoms with van der Waals surface area (Å²) < 4.78 is 2.53. The van der Waals surface area contributed by atoms with Crippen LogP contribution >= 0.6 is 11.3 Å². The molecule has 3 nitrogen and oxygen atoms in total. The standard InChI is InChI=1S/C54H39N3S/c1-6-18-42(19-7-1)55(43-20-8-2-9-21-43)48-28-16-17-41(37-48)40-29-31-47(32-30-40)57(46-26-14-5-15-27-46)49-34-36-53-52(38-49)51-35-33-50(39-54(51)58-53)56(44-22-10-3-11-23-44)45-24-12-4-13-25-45/h1-39H. The molecule has 0 radical (unpaired) electrons. The fraction of sp³-hybridized carbons (Fsp3) is 0. The van der Waals surface area contributed by atoms with E-state index in [4.69, 9.17) is 0 Å². The van der Waals surface area contributed by atoms with Crippen LogP contribution in [0, 0.1) is 0 Å². The van der Waals surface area contributed by atoms with Crippen LogP contribution in [0.15, 0.2) is 237 Å². The molecule has 10 rings (SSSR count). The van der Waals surface area contributed by atoms with Gasteiger partial charge >= 0.3 is 0 Å². The molecule has 0 spiro atoms. The van der Waals surface area contributed by atoms with Gasteiger partial charge in [-0.15, -0.1) is 11.3 Å². The average Bonchev–Trinajstić information content (AvgIpc) is 3.66. The number of nitrogens with zero attached hydrogens (tertiary/aromatic N) is 3. The first-order valence-electron chi connectivity index (χ1n) is 19.6. The third-order valence-electron chi connectivity index (χ3n) is 10.6. The lowest BCUT2D eigenvalue weighted by molar-refractivity contribution is 1.28. The second-order valence-corrected chi connectivity index (χ2v) is 15.3. The van der Waals surface area contributed by atoms with Crippen LogP contribution < -0.4 is 14.7 Å². The minimum atomic E-state index is 1.10. The van der Waals surface area contributed by atoms with E-state index in [1.54, 1.807) is 0 Å². The fourth-order valence-electron chi connectivity index (χ4n) is 7.89. The maximum absolute atomic E-state index is 2.36. The molecule has 0 saturated heterocycles. The third-order valence-corrected chi connectivity index (χ3v) is 11.7. The summed E-state index contributed by atoms with van der Waals surface area (Å²) in [7, 11) is 0. The van der Waals surface area contributed by atoms with Crippen molar-refractivity contribution < 1.29 is 0 Å². The van der Waals surface area contributed by atoms with Crippen LogP contribution in [0.2, 0.25) is 0 Å². The molecule has 4 heteroatoms. The van der Waals surface area contributed by atoms with Crippen LogP contribution in [-0.2, 0) is 0 Å². The zero-order valence-electron chi connectivity index (χ0n) is 31.8. The van der Waals surface area contributed by atoms with Gasteiger partial charge < -0.3 is 14.7 Å². The first kappa shape index (κ1) is 35.0. The Morgan fingerprint density at radius 1 is 0.224 bits per heavy atom. The molecule has 1 heterocycles. The summed E-state index contributed by atoms with van der Waals surface area (Å²) in [5, 5.41) is 2.51. The van der Waals surface area contributed by atoms with Crippen molar-refractivity contribution in [1.82, 2.24) is 0 Å². The number of thiophene rings is 1. The topological polar surface area (TPSA) is 9.72 Å². The number of rotatable bonds is 10. The van der Waals surface area contributed by atoms with E-state index in [9.17, 15) is 0 Å². The minimum Gasteiger partial charge on any atom is -0.310 e. The molecule has 0 N–H and O–H groups in total. The molecule has 0 unspecified atom stereocenters. The summed E-state index contributed by atoms with van der Waals surface area (Å²) >= 11 is 1.85. The smallest absolute Gasteiger partial charge is 0.0476 e. The van der Waals surface area contributed by atoms with Crippen molar-refractivity contribution in [2.75, 3.05) is 14.7 Å². The summed E-state index contributed by atoms with van der Waals surface area (Å²) in [5.74, 6) is 0. The van der Waals surface area contributed by atoms with Gasteiger partial charge in [0.25, 0.3) is 0 Å². The number of benzene rings is 9. The van der Waals surface area contributed by atoms with Crippen LogP contribution in [0.1, 0.15) is 0 Å². The Hall–Kier alpha value is -7.40. The van der Waals surface area contributed by atoms with E-state index in [1.807, 2.05) is 11.3 Å². The SMILES string of the molecule is c1ccc(N(c2ccccc2)c2cccc(-c3ccc(N(c4ccccc4)c4ccc5sc6cc(N(c7ccccc7)c7ccccc7)ccc6c5c4)cc3)c2)cc1. The van der Waals surface area contributed by atoms with Gasteiger partial charge in [-0.1, -0.05) is 121 Å². The average molecular weight is 762 g/mol. The molecule has 0 fully saturated rings. The van der Waals surface area contributed by atoms with Crippen molar-refractivity contribution in [2.24, 2.45) is 0 Å². The van der Waals surface area contributed by atoms with Crippen LogP contribution in [0.5, 0.6) is 0 Å². The lowest BCUT2D eigenvalue weighted by atomic mass is 10.0. The van der Waals surface area contributed by atoms with Gasteiger partial charge in [-0.3, -0.25) is 0 Å². The summed E-state index contributed by atoms with van der Waals surface area (Å²) in [6.07, 6.45) is 0. The molecule has 9 aromatic carbocycles. The molecule has 0 aliphatic carbocycles. The number of hydrogen-bond donors (Lipinski definition) is 0. The van der Waals surface area contributed by atoms with E-state index in [1.165, 1.54) is 20.2 Å². The summed E-state index contributed by atoms with van der Waals surface area (Å²) in [5.41, 5.74) is 12.4. The van der Waals surface area contributed by atoms with Gasteiger partial charge in [0.05, 0.1) is 0 Å². The van der Waals surface area contributed by atoms with Crippen molar-refractivity contribution in [3.63, 3.8) is 0 Å². The van der Waals surface area contributed by atoms with Crippen LogP contribution in [-0.4, -0.2) is 0 Å². The quantitative estimate of drug-likeness (QED) is 0.137. The Labute approximate surface area is 343 Å². The van der Waals surface area contributed by atoms with Crippen molar-refractivity contribution in [2.45, 2.75) is 0 Å². The molecule has 0 amide bonds. The first-order valence-corrected chi connectivity index (χ1v) is 20.4. The van der Waals surface area contributed by atoms with Crippen molar-refractivity contribution in [3.8, 4) is 11.1 Å².